The highest BCUT2D eigenvalue weighted by Crippen LogP contribution is 2.44. The van der Waals surface area contributed by atoms with Gasteiger partial charge in [-0.1, -0.05) is 42.0 Å². The molecule has 0 bridgehead atoms. The van der Waals surface area contributed by atoms with Crippen LogP contribution in [0.2, 0.25) is 0 Å². The standard InChI is InChI=1S/C27H33F6NO3S/c1-19-8-10-20(11-9-19)23(35)18-25(27(31,32)33,34-38(36)24(2,3)4)21-12-14-22(15-13-21)37-17-7-5-6-16-26(28,29)30/h8-15,34H,5-7,16-18H2,1-4H3. The van der Waals surface area contributed by atoms with Crippen LogP contribution in [0.15, 0.2) is 48.5 Å². The zero-order chi connectivity index (χ0) is 28.8. The van der Waals surface area contributed by atoms with Crippen LogP contribution in [0.4, 0.5) is 26.3 Å². The Kier molecular flexibility index (Phi) is 10.6. The Morgan fingerprint density at radius 3 is 1.95 bits per heavy atom. The first-order valence-corrected chi connectivity index (χ1v) is 13.3. The third-order valence-electron chi connectivity index (χ3n) is 5.83. The number of ether oxygens (including phenoxy) is 1. The normalized spacial score (nSPS) is 15.1. The molecule has 0 aliphatic carbocycles. The summed E-state index contributed by atoms with van der Waals surface area (Å²) in [6.07, 6.45) is -10.5. The lowest BCUT2D eigenvalue weighted by Gasteiger charge is -2.38. The number of rotatable bonds is 12. The summed E-state index contributed by atoms with van der Waals surface area (Å²) in [4.78, 5) is 13.0. The first-order chi connectivity index (χ1) is 17.4. The molecule has 0 saturated heterocycles. The molecule has 1 N–H and O–H groups in total. The van der Waals surface area contributed by atoms with E-state index in [1.165, 1.54) is 45.0 Å². The van der Waals surface area contributed by atoms with Crippen LogP contribution in [-0.4, -0.2) is 33.7 Å². The van der Waals surface area contributed by atoms with E-state index in [0.29, 0.717) is 12.8 Å². The summed E-state index contributed by atoms with van der Waals surface area (Å²) in [7, 11) is -2.18. The topological polar surface area (TPSA) is 55.4 Å². The Morgan fingerprint density at radius 2 is 1.45 bits per heavy atom. The third-order valence-corrected chi connectivity index (χ3v) is 7.47. The highest BCUT2D eigenvalue weighted by atomic mass is 32.2. The number of hydrogen-bond acceptors (Lipinski definition) is 3. The summed E-state index contributed by atoms with van der Waals surface area (Å²) in [5.41, 5.74) is -2.34. The van der Waals surface area contributed by atoms with E-state index < -0.39 is 52.2 Å². The van der Waals surface area contributed by atoms with E-state index in [4.69, 9.17) is 4.74 Å². The molecule has 2 aromatic rings. The van der Waals surface area contributed by atoms with Crippen LogP contribution in [0.3, 0.4) is 0 Å². The summed E-state index contributed by atoms with van der Waals surface area (Å²) in [5.74, 6) is -0.553. The second-order valence-corrected chi connectivity index (χ2v) is 12.1. The molecule has 212 valence electrons. The zero-order valence-corrected chi connectivity index (χ0v) is 22.6. The number of hydrogen-bond donors (Lipinski definition) is 1. The first-order valence-electron chi connectivity index (χ1n) is 12.1. The summed E-state index contributed by atoms with van der Waals surface area (Å²) in [6, 6.07) is 11.0. The van der Waals surface area contributed by atoms with Crippen LogP contribution in [0.5, 0.6) is 5.75 Å². The van der Waals surface area contributed by atoms with E-state index in [9.17, 15) is 35.3 Å². The highest BCUT2D eigenvalue weighted by molar-refractivity contribution is 7.84. The van der Waals surface area contributed by atoms with Gasteiger partial charge in [-0.25, -0.2) is 8.93 Å². The summed E-state index contributed by atoms with van der Waals surface area (Å²) in [5, 5.41) is 0. The molecule has 11 heteroatoms. The minimum atomic E-state index is -5.00. The minimum absolute atomic E-state index is 0.0362. The Hall–Kier alpha value is -2.40. The van der Waals surface area contributed by atoms with Gasteiger partial charge in [-0.3, -0.25) is 4.79 Å². The quantitative estimate of drug-likeness (QED) is 0.164. The van der Waals surface area contributed by atoms with Crippen molar-refractivity contribution in [3.05, 3.63) is 65.2 Å². The smallest absolute Gasteiger partial charge is 0.412 e. The summed E-state index contributed by atoms with van der Waals surface area (Å²) < 4.78 is 101. The molecule has 0 heterocycles. The average Bonchev–Trinajstić information content (AvgIpc) is 2.79. The molecule has 2 unspecified atom stereocenters. The number of nitrogens with one attached hydrogen (secondary N) is 1. The lowest BCUT2D eigenvalue weighted by molar-refractivity contribution is -0.193. The van der Waals surface area contributed by atoms with Gasteiger partial charge < -0.3 is 4.74 Å². The van der Waals surface area contributed by atoms with Crippen molar-refractivity contribution in [1.29, 1.82) is 0 Å². The Labute approximate surface area is 221 Å². The van der Waals surface area contributed by atoms with E-state index in [0.717, 1.165) is 17.7 Å². The monoisotopic (exact) mass is 565 g/mol. The molecule has 2 aromatic carbocycles. The predicted octanol–water partition coefficient (Wildman–Crippen LogP) is 7.58. The maximum Gasteiger partial charge on any atom is 0.412 e. The van der Waals surface area contributed by atoms with Crippen molar-refractivity contribution >= 4 is 16.8 Å². The molecule has 0 radical (unpaired) electrons. The van der Waals surface area contributed by atoms with Crippen LogP contribution in [0, 0.1) is 6.92 Å². The number of unbranched alkanes of at least 4 members (excludes halogenated alkanes) is 2. The Morgan fingerprint density at radius 1 is 0.868 bits per heavy atom. The highest BCUT2D eigenvalue weighted by Gasteiger charge is 2.58. The molecule has 0 spiro atoms. The molecule has 0 aromatic heterocycles. The predicted molar refractivity (Wildman–Crippen MR) is 135 cm³/mol. The van der Waals surface area contributed by atoms with Gasteiger partial charge in [0.15, 0.2) is 11.3 Å². The van der Waals surface area contributed by atoms with Crippen molar-refractivity contribution < 1.29 is 40.1 Å². The third kappa shape index (κ3) is 9.11. The fourth-order valence-corrected chi connectivity index (χ4v) is 4.47. The van der Waals surface area contributed by atoms with Gasteiger partial charge in [-0.2, -0.15) is 26.3 Å². The number of Topliss-reactive ketones (excluding diaryl/α,β-unsaturated/α-hetero) is 1. The van der Waals surface area contributed by atoms with E-state index in [-0.39, 0.29) is 29.9 Å². The van der Waals surface area contributed by atoms with Crippen LogP contribution >= 0.6 is 0 Å². The van der Waals surface area contributed by atoms with E-state index in [1.54, 1.807) is 19.1 Å². The number of aryl methyl sites for hydroxylation is 1. The first kappa shape index (κ1) is 31.8. The van der Waals surface area contributed by atoms with Crippen molar-refractivity contribution in [1.82, 2.24) is 4.72 Å². The van der Waals surface area contributed by atoms with Crippen molar-refractivity contribution in [2.24, 2.45) is 0 Å². The van der Waals surface area contributed by atoms with E-state index in [2.05, 4.69) is 4.72 Å². The van der Waals surface area contributed by atoms with Crippen LogP contribution < -0.4 is 9.46 Å². The van der Waals surface area contributed by atoms with Gasteiger partial charge in [0, 0.05) is 18.4 Å². The number of halogens is 6. The van der Waals surface area contributed by atoms with Crippen molar-refractivity contribution in [2.75, 3.05) is 6.61 Å². The molecule has 0 saturated carbocycles. The van der Waals surface area contributed by atoms with Crippen molar-refractivity contribution in [3.63, 3.8) is 0 Å². The summed E-state index contributed by atoms with van der Waals surface area (Å²) in [6.45, 7) is 6.44. The molecule has 0 aliphatic rings. The molecule has 2 rings (SSSR count). The van der Waals surface area contributed by atoms with Gasteiger partial charge in [0.1, 0.15) is 5.75 Å². The van der Waals surface area contributed by atoms with Gasteiger partial charge in [0.05, 0.1) is 22.3 Å². The Balaban J connectivity index is 2.31. The average molecular weight is 566 g/mol. The summed E-state index contributed by atoms with van der Waals surface area (Å²) >= 11 is 0. The molecule has 0 aliphatic heterocycles. The van der Waals surface area contributed by atoms with Crippen LogP contribution in [-0.2, 0) is 16.5 Å². The molecule has 4 nitrogen and oxygen atoms in total. The van der Waals surface area contributed by atoms with Crippen molar-refractivity contribution in [2.45, 2.75) is 82.4 Å². The van der Waals surface area contributed by atoms with Crippen LogP contribution in [0.1, 0.15) is 74.4 Å². The fourth-order valence-electron chi connectivity index (χ4n) is 3.54. The molecule has 38 heavy (non-hydrogen) atoms. The van der Waals surface area contributed by atoms with Crippen molar-refractivity contribution in [3.8, 4) is 5.75 Å². The van der Waals surface area contributed by atoms with Gasteiger partial charge in [-0.15, -0.1) is 0 Å². The number of carbonyl (C=O) groups is 1. The van der Waals surface area contributed by atoms with Gasteiger partial charge in [-0.05, 0) is 64.7 Å². The minimum Gasteiger partial charge on any atom is -0.494 e. The van der Waals surface area contributed by atoms with Gasteiger partial charge in [0.25, 0.3) is 0 Å². The molecular weight excluding hydrogens is 532 g/mol. The second kappa shape index (κ2) is 12.6. The van der Waals surface area contributed by atoms with Gasteiger partial charge >= 0.3 is 12.4 Å². The molecular formula is C27H33F6NO3S. The van der Waals surface area contributed by atoms with E-state index >= 15 is 0 Å². The fraction of sp³-hybridized carbons (Fsp3) is 0.519. The van der Waals surface area contributed by atoms with E-state index in [1.807, 2.05) is 0 Å². The number of benzene rings is 2. The maximum absolute atomic E-state index is 14.8. The SMILES string of the molecule is Cc1ccc(C(=O)CC(NS(=O)C(C)(C)C)(c2ccc(OCCCCCC(F)(F)F)cc2)C(F)(F)F)cc1. The maximum atomic E-state index is 14.8. The number of carbonyl (C=O) groups excluding carboxylic acids is 1. The number of ketones is 1. The lowest BCUT2D eigenvalue weighted by Crippen LogP contribution is -2.58. The largest absolute Gasteiger partial charge is 0.494 e. The molecule has 2 atom stereocenters. The molecule has 0 fully saturated rings. The Bertz CT molecular complexity index is 1080. The lowest BCUT2D eigenvalue weighted by atomic mass is 9.83. The van der Waals surface area contributed by atoms with Crippen LogP contribution in [0.25, 0.3) is 0 Å². The molecule has 0 amide bonds. The number of alkyl halides is 6. The zero-order valence-electron chi connectivity index (χ0n) is 21.8. The second-order valence-electron chi connectivity index (χ2n) is 10.2. The van der Waals surface area contributed by atoms with Gasteiger partial charge in [0.2, 0.25) is 0 Å².